The zero-order valence-corrected chi connectivity index (χ0v) is 40.8. The van der Waals surface area contributed by atoms with Crippen molar-refractivity contribution in [3.8, 4) is 0 Å². The molecule has 0 amide bonds. The maximum atomic E-state index is 14.8. The topological polar surface area (TPSA) is 120 Å². The summed E-state index contributed by atoms with van der Waals surface area (Å²) in [6, 6.07) is 0. The van der Waals surface area contributed by atoms with E-state index >= 15 is 0 Å². The van der Waals surface area contributed by atoms with Crippen LogP contribution >= 0.6 is 0 Å². The van der Waals surface area contributed by atoms with Gasteiger partial charge in [-0.05, 0) is 184 Å². The minimum Gasteiger partial charge on any atom is -0.469 e. The van der Waals surface area contributed by atoms with Gasteiger partial charge in [-0.1, -0.05) is 55.4 Å². The summed E-state index contributed by atoms with van der Waals surface area (Å²) in [4.78, 5) is 51.4. The highest BCUT2D eigenvalue weighted by atomic mass is 19.1. The fourth-order valence-corrected chi connectivity index (χ4v) is 18.8. The number of carbonyl (C=O) groups excluding carboxylic acids is 4. The first kappa shape index (κ1) is 47.6. The number of hydrogen-bond donors (Lipinski definition) is 1. The smallest absolute Gasteiger partial charge is 0.305 e. The molecule has 6 unspecified atom stereocenters. The van der Waals surface area contributed by atoms with E-state index in [1.807, 2.05) is 0 Å². The van der Waals surface area contributed by atoms with Gasteiger partial charge in [0, 0.05) is 36.5 Å². The van der Waals surface area contributed by atoms with Crippen molar-refractivity contribution in [3.63, 3.8) is 0 Å². The van der Waals surface area contributed by atoms with E-state index in [9.17, 15) is 28.7 Å². The van der Waals surface area contributed by atoms with E-state index in [0.717, 1.165) is 57.8 Å². The van der Waals surface area contributed by atoms with Crippen LogP contribution in [0.25, 0.3) is 0 Å². The number of alkyl halides is 1. The average Bonchev–Trinajstić information content (AvgIpc) is 3.76. The third kappa shape index (κ3) is 7.73. The number of ether oxygens (including phenoxy) is 3. The molecule has 1 saturated heterocycles. The molecule has 9 fully saturated rings. The molecule has 9 rings (SSSR count). The van der Waals surface area contributed by atoms with Crippen LogP contribution in [0, 0.1) is 105 Å². The molecule has 356 valence electrons. The van der Waals surface area contributed by atoms with Crippen LogP contribution in [-0.2, 0) is 33.4 Å². The molecule has 1 heterocycles. The summed E-state index contributed by atoms with van der Waals surface area (Å²) in [5, 5.41) is 10.3. The van der Waals surface area contributed by atoms with Gasteiger partial charge in [0.05, 0.1) is 32.5 Å². The molecule has 1 aliphatic heterocycles. The average molecular weight is 881 g/mol. The van der Waals surface area contributed by atoms with E-state index in [-0.39, 0.29) is 69.1 Å². The summed E-state index contributed by atoms with van der Waals surface area (Å²) >= 11 is 0. The molecule has 0 spiro atoms. The van der Waals surface area contributed by atoms with Gasteiger partial charge >= 0.3 is 11.9 Å². The monoisotopic (exact) mass is 881 g/mol. The summed E-state index contributed by atoms with van der Waals surface area (Å²) in [7, 11) is 2.92. The molecule has 9 aliphatic rings. The van der Waals surface area contributed by atoms with Crippen LogP contribution in [0.2, 0.25) is 0 Å². The van der Waals surface area contributed by atoms with Gasteiger partial charge in [0.2, 0.25) is 0 Å². The minimum atomic E-state index is -1.18. The highest BCUT2D eigenvalue weighted by molar-refractivity contribution is 5.86. The fourth-order valence-electron chi connectivity index (χ4n) is 18.8. The number of methoxy groups -OCH3 is 2. The Balaban J connectivity index is 0.000000173. The van der Waals surface area contributed by atoms with Crippen LogP contribution in [0.5, 0.6) is 0 Å². The first-order valence-corrected chi connectivity index (χ1v) is 26.0. The van der Waals surface area contributed by atoms with Gasteiger partial charge in [-0.2, -0.15) is 0 Å². The number of rotatable bonds is 10. The lowest BCUT2D eigenvalue weighted by molar-refractivity contribution is -0.180. The van der Waals surface area contributed by atoms with Crippen molar-refractivity contribution in [2.24, 2.45) is 105 Å². The van der Waals surface area contributed by atoms with Gasteiger partial charge in [0.25, 0.3) is 0 Å². The Morgan fingerprint density at radius 3 is 1.52 bits per heavy atom. The SMILES string of the molecule is CC[C@H]1C(=O)C2C3CC[C@H]([C@H](C)CCC(=O)OC)[C@@]3(C)CCC2[C@@]2(C)C[C@@H](F)[C@H](O)C[C@@H]12.CC[C@H]1C(=O)C2C3CC[C@H]([C@H](C)CCC(=O)OC)[C@@]3(C)CCC2[C@@]2(C)C[C@@H]3O[C@@H]3C[C@@H]12. The number of aliphatic hydroxyl groups excluding tert-OH is 1. The molecule has 0 bridgehead atoms. The van der Waals surface area contributed by atoms with Gasteiger partial charge in [-0.15, -0.1) is 0 Å². The lowest BCUT2D eigenvalue weighted by atomic mass is 9.41. The predicted molar refractivity (Wildman–Crippen MR) is 241 cm³/mol. The second kappa shape index (κ2) is 17.7. The largest absolute Gasteiger partial charge is 0.469 e. The maximum Gasteiger partial charge on any atom is 0.305 e. The number of esters is 2. The van der Waals surface area contributed by atoms with E-state index < -0.39 is 12.3 Å². The van der Waals surface area contributed by atoms with E-state index in [4.69, 9.17) is 14.2 Å². The molecule has 0 aromatic carbocycles. The molecule has 8 nitrogen and oxygen atoms in total. The van der Waals surface area contributed by atoms with E-state index in [1.165, 1.54) is 46.3 Å². The van der Waals surface area contributed by atoms with Crippen molar-refractivity contribution < 1.29 is 42.9 Å². The number of fused-ring (bicyclic) bond motifs is 11. The van der Waals surface area contributed by atoms with Crippen molar-refractivity contribution >= 4 is 23.5 Å². The molecule has 0 aromatic heterocycles. The number of ketones is 2. The Hall–Kier alpha value is -1.87. The van der Waals surface area contributed by atoms with Crippen LogP contribution in [0.3, 0.4) is 0 Å². The van der Waals surface area contributed by atoms with Crippen molar-refractivity contribution in [1.82, 2.24) is 0 Å². The van der Waals surface area contributed by atoms with Crippen molar-refractivity contribution in [3.05, 3.63) is 0 Å². The number of hydrogen-bond acceptors (Lipinski definition) is 8. The molecule has 22 atom stereocenters. The van der Waals surface area contributed by atoms with Crippen molar-refractivity contribution in [1.29, 1.82) is 0 Å². The molecule has 0 aromatic rings. The summed E-state index contributed by atoms with van der Waals surface area (Å²) in [6.45, 7) is 18.6. The number of aliphatic hydroxyl groups is 1. The van der Waals surface area contributed by atoms with E-state index in [2.05, 4.69) is 55.4 Å². The number of Topliss-reactive ketones (excluding diaryl/α,β-unsaturated/α-hetero) is 2. The Morgan fingerprint density at radius 2 is 1.08 bits per heavy atom. The Morgan fingerprint density at radius 1 is 0.651 bits per heavy atom. The van der Waals surface area contributed by atoms with Crippen LogP contribution < -0.4 is 0 Å². The molecule has 8 saturated carbocycles. The molecular weight excluding hydrogens is 796 g/mol. The predicted octanol–water partition coefficient (Wildman–Crippen LogP) is 10.8. The van der Waals surface area contributed by atoms with E-state index in [1.54, 1.807) is 0 Å². The zero-order valence-electron chi connectivity index (χ0n) is 40.8. The third-order valence-corrected chi connectivity index (χ3v) is 22.1. The van der Waals surface area contributed by atoms with Gasteiger partial charge in [-0.25, -0.2) is 4.39 Å². The van der Waals surface area contributed by atoms with Crippen molar-refractivity contribution in [2.45, 2.75) is 195 Å². The highest BCUT2D eigenvalue weighted by Crippen LogP contribution is 2.71. The number of epoxide rings is 1. The van der Waals surface area contributed by atoms with Crippen LogP contribution in [-0.4, -0.2) is 67.3 Å². The normalized spacial score (nSPS) is 50.1. The summed E-state index contributed by atoms with van der Waals surface area (Å²) in [6.07, 6.45) is 15.5. The van der Waals surface area contributed by atoms with Crippen LogP contribution in [0.1, 0.15) is 171 Å². The molecule has 63 heavy (non-hydrogen) atoms. The maximum absolute atomic E-state index is 14.8. The Bertz CT molecular complexity index is 1730. The molecule has 8 aliphatic carbocycles. The standard InChI is InChI=1S/C27H43FO4.C27H42O4/c1-6-16-20-13-22(29)21(28)14-27(20,4)19-11-12-26(3)17(15(2)7-10-23(30)32-5)8-9-18(26)24(19)25(16)31;1-6-16-20-13-21-22(31-21)14-27(20,4)19-11-12-26(3)17(15(2)7-10-23(28)30-5)8-9-18(26)24(19)25(16)29/h15-22,24,29H,6-14H2,1-5H3;15-22,24H,6-14H2,1-5H3/t15-,16-,17-,18?,19?,20+,21-,22-,24?,26-,27-;15-,16-,17-,18?,19?,20+,21-,22+,24?,26-,27-/m11/s1. The summed E-state index contributed by atoms with van der Waals surface area (Å²) in [5.41, 5.74) is 0.416. The third-order valence-electron chi connectivity index (χ3n) is 22.1. The second-order valence-corrected chi connectivity index (χ2v) is 24.4. The zero-order chi connectivity index (χ0) is 45.6. The molecular formula is C54H85FO8. The summed E-state index contributed by atoms with van der Waals surface area (Å²) < 4.78 is 30.5. The quantitative estimate of drug-likeness (QED) is 0.170. The number of halogens is 1. The molecule has 0 radical (unpaired) electrons. The molecule has 9 heteroatoms. The molecule has 1 N–H and O–H groups in total. The lowest BCUT2D eigenvalue weighted by Gasteiger charge is -2.62. The van der Waals surface area contributed by atoms with Gasteiger partial charge < -0.3 is 19.3 Å². The van der Waals surface area contributed by atoms with Gasteiger partial charge in [0.1, 0.15) is 17.7 Å². The second-order valence-electron chi connectivity index (χ2n) is 24.4. The highest BCUT2D eigenvalue weighted by Gasteiger charge is 2.69. The van der Waals surface area contributed by atoms with Gasteiger partial charge in [0.15, 0.2) is 0 Å². The first-order chi connectivity index (χ1) is 29.8. The Labute approximate surface area is 379 Å². The van der Waals surface area contributed by atoms with Crippen LogP contribution in [0.4, 0.5) is 4.39 Å². The lowest BCUT2D eigenvalue weighted by Crippen LogP contribution is -2.62. The summed E-state index contributed by atoms with van der Waals surface area (Å²) in [5.74, 6) is 5.55. The van der Waals surface area contributed by atoms with Crippen molar-refractivity contribution in [2.75, 3.05) is 14.2 Å². The fraction of sp³-hybridized carbons (Fsp3) is 0.926. The van der Waals surface area contributed by atoms with Crippen LogP contribution in [0.15, 0.2) is 0 Å². The first-order valence-electron chi connectivity index (χ1n) is 26.0. The number of carbonyl (C=O) groups is 4. The van der Waals surface area contributed by atoms with E-state index in [0.29, 0.717) is 96.8 Å². The Kier molecular flexibility index (Phi) is 13.3. The van der Waals surface area contributed by atoms with Gasteiger partial charge in [-0.3, -0.25) is 19.2 Å². The minimum absolute atomic E-state index is 0.0280.